The summed E-state index contributed by atoms with van der Waals surface area (Å²) in [6, 6.07) is 3.80. The van der Waals surface area contributed by atoms with Crippen LogP contribution in [-0.2, 0) is 0 Å². The van der Waals surface area contributed by atoms with Crippen molar-refractivity contribution in [1.82, 2.24) is 15.4 Å². The minimum atomic E-state index is -0.564. The van der Waals surface area contributed by atoms with Crippen LogP contribution in [0.3, 0.4) is 0 Å². The minimum absolute atomic E-state index is 0.0179. The molecule has 2 rings (SSSR count). The van der Waals surface area contributed by atoms with Gasteiger partial charge in [-0.15, -0.1) is 10.2 Å². The van der Waals surface area contributed by atoms with Gasteiger partial charge in [0.1, 0.15) is 5.82 Å². The number of benzene rings is 1. The Morgan fingerprint density at radius 1 is 1.47 bits per heavy atom. The van der Waals surface area contributed by atoms with Crippen molar-refractivity contribution in [2.24, 2.45) is 0 Å². The van der Waals surface area contributed by atoms with E-state index < -0.39 is 11.7 Å². The molecular weight excluding hydrogens is 249 g/mol. The molecule has 0 spiro atoms. The van der Waals surface area contributed by atoms with Gasteiger partial charge in [-0.2, -0.15) is 5.21 Å². The van der Waals surface area contributed by atoms with Crippen molar-refractivity contribution in [3.8, 4) is 0 Å². The topological polar surface area (TPSA) is 96.7 Å². The van der Waals surface area contributed by atoms with Gasteiger partial charge < -0.3 is 11.1 Å². The van der Waals surface area contributed by atoms with Crippen LogP contribution in [0.25, 0.3) is 0 Å². The van der Waals surface area contributed by atoms with Crippen LogP contribution in [0.4, 0.5) is 15.9 Å². The number of hydrogen-bond acceptors (Lipinski definition) is 4. The lowest BCUT2D eigenvalue weighted by Crippen LogP contribution is -2.14. The number of nitrogens with zero attached hydrogens (tertiary/aromatic N) is 2. The van der Waals surface area contributed by atoms with Gasteiger partial charge in [-0.3, -0.25) is 4.79 Å². The van der Waals surface area contributed by atoms with Crippen LogP contribution in [-0.4, -0.2) is 21.3 Å². The van der Waals surface area contributed by atoms with Crippen LogP contribution < -0.4 is 11.1 Å². The van der Waals surface area contributed by atoms with Crippen LogP contribution in [0.5, 0.6) is 0 Å². The molecule has 0 aliphatic rings. The molecule has 1 aromatic heterocycles. The van der Waals surface area contributed by atoms with E-state index in [1.165, 1.54) is 12.1 Å². The number of aromatic nitrogens is 3. The SMILES string of the molecule is Nc1n[nH]nc1C(=O)Nc1ccc(F)c(Cl)c1. The molecule has 88 valence electrons. The Labute approximate surface area is 100.0 Å². The smallest absolute Gasteiger partial charge is 0.280 e. The number of amides is 1. The molecule has 2 aromatic rings. The Bertz CT molecular complexity index is 570. The van der Waals surface area contributed by atoms with E-state index in [1.807, 2.05) is 0 Å². The Kier molecular flexibility index (Phi) is 2.92. The molecule has 8 heteroatoms. The second-order valence-corrected chi connectivity index (χ2v) is 3.55. The molecular formula is C9H7ClFN5O. The van der Waals surface area contributed by atoms with Crippen molar-refractivity contribution in [3.63, 3.8) is 0 Å². The van der Waals surface area contributed by atoms with E-state index in [-0.39, 0.29) is 16.5 Å². The molecule has 1 amide bonds. The summed E-state index contributed by atoms with van der Waals surface area (Å²) < 4.78 is 12.9. The zero-order valence-corrected chi connectivity index (χ0v) is 9.12. The summed E-state index contributed by atoms with van der Waals surface area (Å²) in [6.07, 6.45) is 0. The summed E-state index contributed by atoms with van der Waals surface area (Å²) in [4.78, 5) is 11.6. The molecule has 1 heterocycles. The normalized spacial score (nSPS) is 10.2. The second-order valence-electron chi connectivity index (χ2n) is 3.14. The summed E-state index contributed by atoms with van der Waals surface area (Å²) in [5, 5.41) is 11.7. The fourth-order valence-corrected chi connectivity index (χ4v) is 1.35. The van der Waals surface area contributed by atoms with Crippen LogP contribution >= 0.6 is 11.6 Å². The largest absolute Gasteiger partial charge is 0.380 e. The van der Waals surface area contributed by atoms with Gasteiger partial charge in [0.15, 0.2) is 11.5 Å². The molecule has 0 unspecified atom stereocenters. The van der Waals surface area contributed by atoms with Crippen molar-refractivity contribution in [3.05, 3.63) is 34.7 Å². The summed E-state index contributed by atoms with van der Waals surface area (Å²) >= 11 is 5.57. The zero-order chi connectivity index (χ0) is 12.4. The van der Waals surface area contributed by atoms with E-state index in [1.54, 1.807) is 0 Å². The predicted octanol–water partition coefficient (Wildman–Crippen LogP) is 1.43. The Hall–Kier alpha value is -2.15. The third-order valence-electron chi connectivity index (χ3n) is 1.97. The number of aromatic amines is 1. The first-order valence-electron chi connectivity index (χ1n) is 4.50. The molecule has 0 radical (unpaired) electrons. The fraction of sp³-hybridized carbons (Fsp3) is 0. The van der Waals surface area contributed by atoms with Crippen molar-refractivity contribution >= 4 is 29.0 Å². The molecule has 0 saturated carbocycles. The maximum absolute atomic E-state index is 12.9. The molecule has 0 aliphatic heterocycles. The third kappa shape index (κ3) is 2.34. The Morgan fingerprint density at radius 2 is 2.24 bits per heavy atom. The monoisotopic (exact) mass is 255 g/mol. The van der Waals surface area contributed by atoms with Gasteiger partial charge in [0.25, 0.3) is 5.91 Å². The molecule has 1 aromatic carbocycles. The highest BCUT2D eigenvalue weighted by atomic mass is 35.5. The summed E-state index contributed by atoms with van der Waals surface area (Å²) in [6.45, 7) is 0. The first-order valence-corrected chi connectivity index (χ1v) is 4.88. The zero-order valence-electron chi connectivity index (χ0n) is 8.37. The Morgan fingerprint density at radius 3 is 2.82 bits per heavy atom. The van der Waals surface area contributed by atoms with Gasteiger partial charge in [-0.25, -0.2) is 4.39 Å². The predicted molar refractivity (Wildman–Crippen MR) is 60.2 cm³/mol. The van der Waals surface area contributed by atoms with E-state index in [0.29, 0.717) is 5.69 Å². The van der Waals surface area contributed by atoms with E-state index in [0.717, 1.165) is 6.07 Å². The van der Waals surface area contributed by atoms with Crippen molar-refractivity contribution in [2.75, 3.05) is 11.1 Å². The Balaban J connectivity index is 2.19. The highest BCUT2D eigenvalue weighted by molar-refractivity contribution is 6.31. The second kappa shape index (κ2) is 4.38. The average Bonchev–Trinajstić information content (AvgIpc) is 2.70. The number of nitrogen functional groups attached to an aromatic ring is 1. The number of carbonyl (C=O) groups is 1. The van der Waals surface area contributed by atoms with Gasteiger partial charge >= 0.3 is 0 Å². The highest BCUT2D eigenvalue weighted by Gasteiger charge is 2.14. The molecule has 0 saturated heterocycles. The van der Waals surface area contributed by atoms with Crippen LogP contribution in [0.15, 0.2) is 18.2 Å². The average molecular weight is 256 g/mol. The van der Waals surface area contributed by atoms with E-state index in [4.69, 9.17) is 17.3 Å². The first-order chi connectivity index (χ1) is 8.08. The number of anilines is 2. The number of rotatable bonds is 2. The first kappa shape index (κ1) is 11.3. The number of nitrogens with one attached hydrogen (secondary N) is 2. The number of H-pyrrole nitrogens is 1. The standard InChI is InChI=1S/C9H7ClFN5O/c10-5-3-4(1-2-6(5)11)13-9(17)7-8(12)15-16-14-7/h1-3H,(H,13,17)(H3,12,14,15,16). The molecule has 0 aliphatic carbocycles. The molecule has 0 bridgehead atoms. The number of nitrogens with two attached hydrogens (primary N) is 1. The van der Waals surface area contributed by atoms with Crippen molar-refractivity contribution in [1.29, 1.82) is 0 Å². The van der Waals surface area contributed by atoms with Gasteiger partial charge in [0, 0.05) is 5.69 Å². The van der Waals surface area contributed by atoms with Crippen molar-refractivity contribution in [2.45, 2.75) is 0 Å². The highest BCUT2D eigenvalue weighted by Crippen LogP contribution is 2.20. The minimum Gasteiger partial charge on any atom is -0.380 e. The van der Waals surface area contributed by atoms with Crippen molar-refractivity contribution < 1.29 is 9.18 Å². The third-order valence-corrected chi connectivity index (χ3v) is 2.26. The lowest BCUT2D eigenvalue weighted by molar-refractivity contribution is 0.102. The lowest BCUT2D eigenvalue weighted by atomic mass is 10.3. The van der Waals surface area contributed by atoms with Crippen LogP contribution in [0.2, 0.25) is 5.02 Å². The quantitative estimate of drug-likeness (QED) is 0.756. The molecule has 6 nitrogen and oxygen atoms in total. The van der Waals surface area contributed by atoms with Gasteiger partial charge in [-0.1, -0.05) is 11.6 Å². The van der Waals surface area contributed by atoms with Gasteiger partial charge in [0.2, 0.25) is 0 Å². The maximum atomic E-state index is 12.9. The number of hydrogen-bond donors (Lipinski definition) is 3. The van der Waals surface area contributed by atoms with Crippen LogP contribution in [0.1, 0.15) is 10.5 Å². The molecule has 0 atom stereocenters. The van der Waals surface area contributed by atoms with Crippen LogP contribution in [0, 0.1) is 5.82 Å². The van der Waals surface area contributed by atoms with E-state index in [9.17, 15) is 9.18 Å². The molecule has 4 N–H and O–H groups in total. The number of halogens is 2. The number of carbonyl (C=O) groups excluding carboxylic acids is 1. The molecule has 0 fully saturated rings. The summed E-state index contributed by atoms with van der Waals surface area (Å²) in [7, 11) is 0. The maximum Gasteiger partial charge on any atom is 0.280 e. The van der Waals surface area contributed by atoms with Gasteiger partial charge in [0.05, 0.1) is 5.02 Å². The molecule has 17 heavy (non-hydrogen) atoms. The van der Waals surface area contributed by atoms with E-state index >= 15 is 0 Å². The fourth-order valence-electron chi connectivity index (χ4n) is 1.17. The summed E-state index contributed by atoms with van der Waals surface area (Å²) in [5.74, 6) is -1.14. The lowest BCUT2D eigenvalue weighted by Gasteiger charge is -2.04. The summed E-state index contributed by atoms with van der Waals surface area (Å²) in [5.41, 5.74) is 5.70. The van der Waals surface area contributed by atoms with Gasteiger partial charge in [-0.05, 0) is 18.2 Å². The van der Waals surface area contributed by atoms with E-state index in [2.05, 4.69) is 20.7 Å².